The van der Waals surface area contributed by atoms with Gasteiger partial charge in [-0.1, -0.05) is 43.2 Å². The Morgan fingerprint density at radius 3 is 2.66 bits per heavy atom. The van der Waals surface area contributed by atoms with Crippen LogP contribution in [0.4, 0.5) is 11.4 Å². The van der Waals surface area contributed by atoms with Gasteiger partial charge in [0.25, 0.3) is 0 Å². The van der Waals surface area contributed by atoms with Crippen LogP contribution in [-0.4, -0.2) is 23.9 Å². The number of para-hydroxylation sites is 1. The molecular formula is C24H29N3O2. The van der Waals surface area contributed by atoms with Gasteiger partial charge in [-0.25, -0.2) is 0 Å². The second kappa shape index (κ2) is 7.99. The Hall–Kier alpha value is -2.66. The summed E-state index contributed by atoms with van der Waals surface area (Å²) in [5.74, 6) is -0.0622. The summed E-state index contributed by atoms with van der Waals surface area (Å²) in [7, 11) is 0. The molecule has 1 aliphatic heterocycles. The summed E-state index contributed by atoms with van der Waals surface area (Å²) in [6.07, 6.45) is 5.11. The van der Waals surface area contributed by atoms with Gasteiger partial charge in [0.15, 0.2) is 0 Å². The molecule has 0 spiro atoms. The molecule has 3 N–H and O–H groups in total. The van der Waals surface area contributed by atoms with Crippen molar-refractivity contribution in [2.75, 3.05) is 16.8 Å². The van der Waals surface area contributed by atoms with Crippen molar-refractivity contribution in [3.05, 3.63) is 59.7 Å². The number of hydrogen-bond acceptors (Lipinski definition) is 3. The van der Waals surface area contributed by atoms with E-state index in [2.05, 4.69) is 11.4 Å². The van der Waals surface area contributed by atoms with E-state index >= 15 is 0 Å². The summed E-state index contributed by atoms with van der Waals surface area (Å²) in [6, 6.07) is 15.6. The molecule has 5 heteroatoms. The van der Waals surface area contributed by atoms with Crippen molar-refractivity contribution in [2.24, 2.45) is 11.7 Å². The van der Waals surface area contributed by atoms with E-state index in [-0.39, 0.29) is 17.7 Å². The molecule has 1 heterocycles. The smallest absolute Gasteiger partial charge is 0.231 e. The summed E-state index contributed by atoms with van der Waals surface area (Å²) in [4.78, 5) is 27.3. The van der Waals surface area contributed by atoms with Gasteiger partial charge in [-0.3, -0.25) is 9.59 Å². The van der Waals surface area contributed by atoms with Gasteiger partial charge < -0.3 is 16.0 Å². The van der Waals surface area contributed by atoms with Crippen molar-refractivity contribution < 1.29 is 9.59 Å². The van der Waals surface area contributed by atoms with Gasteiger partial charge >= 0.3 is 0 Å². The van der Waals surface area contributed by atoms with Gasteiger partial charge in [0.1, 0.15) is 0 Å². The number of nitrogens with zero attached hydrogens (tertiary/aromatic N) is 1. The van der Waals surface area contributed by atoms with Crippen molar-refractivity contribution >= 4 is 23.2 Å². The first-order chi connectivity index (χ1) is 13.9. The van der Waals surface area contributed by atoms with Crippen molar-refractivity contribution in [3.8, 4) is 0 Å². The van der Waals surface area contributed by atoms with Crippen molar-refractivity contribution in [1.29, 1.82) is 0 Å². The average Bonchev–Trinajstić information content (AvgIpc) is 3.13. The first-order valence-electron chi connectivity index (χ1n) is 10.5. The number of nitrogens with one attached hydrogen (secondary N) is 1. The zero-order valence-corrected chi connectivity index (χ0v) is 17.0. The number of nitrogens with two attached hydrogens (primary N) is 1. The Labute approximate surface area is 172 Å². The van der Waals surface area contributed by atoms with Crippen LogP contribution in [-0.2, 0) is 22.4 Å². The second-order valence-electron chi connectivity index (χ2n) is 8.59. The highest BCUT2D eigenvalue weighted by Gasteiger charge is 2.37. The molecular weight excluding hydrogens is 362 g/mol. The summed E-state index contributed by atoms with van der Waals surface area (Å²) in [5.41, 5.74) is 9.85. The van der Waals surface area contributed by atoms with Gasteiger partial charge in [0.2, 0.25) is 11.8 Å². The Morgan fingerprint density at radius 2 is 1.90 bits per heavy atom. The molecule has 0 aromatic heterocycles. The van der Waals surface area contributed by atoms with E-state index in [1.54, 1.807) is 0 Å². The Kier molecular flexibility index (Phi) is 5.41. The molecule has 0 bridgehead atoms. The van der Waals surface area contributed by atoms with Gasteiger partial charge in [-0.15, -0.1) is 0 Å². The summed E-state index contributed by atoms with van der Waals surface area (Å²) >= 11 is 0. The maximum Gasteiger partial charge on any atom is 0.231 e. The fraction of sp³-hybridized carbons (Fsp3) is 0.417. The van der Waals surface area contributed by atoms with Crippen LogP contribution in [0.2, 0.25) is 0 Å². The van der Waals surface area contributed by atoms with Crippen LogP contribution in [0.1, 0.15) is 43.7 Å². The predicted octanol–water partition coefficient (Wildman–Crippen LogP) is 3.66. The lowest BCUT2D eigenvalue weighted by molar-refractivity contribution is -0.123. The van der Waals surface area contributed by atoms with E-state index in [0.29, 0.717) is 6.42 Å². The molecule has 2 aromatic rings. The molecule has 0 saturated heterocycles. The number of anilines is 2. The molecule has 2 amide bonds. The maximum atomic E-state index is 12.8. The first kappa shape index (κ1) is 19.6. The minimum Gasteiger partial charge on any atom is -0.326 e. The monoisotopic (exact) mass is 391 g/mol. The zero-order valence-electron chi connectivity index (χ0n) is 17.0. The van der Waals surface area contributed by atoms with Crippen LogP contribution in [0.5, 0.6) is 0 Å². The van der Waals surface area contributed by atoms with Crippen LogP contribution in [0.3, 0.4) is 0 Å². The third-order valence-electron chi connectivity index (χ3n) is 6.34. The number of carbonyl (C=O) groups is 2. The average molecular weight is 392 g/mol. The molecule has 2 atom stereocenters. The number of carbonyl (C=O) groups excluding carboxylic acids is 2. The van der Waals surface area contributed by atoms with E-state index in [4.69, 9.17) is 5.73 Å². The number of rotatable bonds is 4. The van der Waals surface area contributed by atoms with Crippen LogP contribution < -0.4 is 16.0 Å². The SMILES string of the molecule is CC1(N)CCCCC1C(=O)Nc1ccc(CC(=O)N2CCc3ccccc32)cc1. The summed E-state index contributed by atoms with van der Waals surface area (Å²) in [5, 5.41) is 3.00. The fourth-order valence-electron chi connectivity index (χ4n) is 4.59. The second-order valence-corrected chi connectivity index (χ2v) is 8.59. The topological polar surface area (TPSA) is 75.4 Å². The highest BCUT2D eigenvalue weighted by atomic mass is 16.2. The molecule has 1 saturated carbocycles. The molecule has 2 aromatic carbocycles. The Bertz CT molecular complexity index is 905. The van der Waals surface area contributed by atoms with Crippen LogP contribution in [0, 0.1) is 5.92 Å². The fourth-order valence-corrected chi connectivity index (χ4v) is 4.59. The van der Waals surface area contributed by atoms with E-state index in [0.717, 1.165) is 55.6 Å². The normalized spacial score (nSPS) is 23.5. The quantitative estimate of drug-likeness (QED) is 0.835. The molecule has 1 aliphatic carbocycles. The van der Waals surface area contributed by atoms with E-state index < -0.39 is 5.54 Å². The van der Waals surface area contributed by atoms with Gasteiger partial charge in [-0.05, 0) is 55.5 Å². The van der Waals surface area contributed by atoms with Gasteiger partial charge in [0, 0.05) is 23.5 Å². The summed E-state index contributed by atoms with van der Waals surface area (Å²) < 4.78 is 0. The number of fused-ring (bicyclic) bond motifs is 1. The highest BCUT2D eigenvalue weighted by Crippen LogP contribution is 2.32. The van der Waals surface area contributed by atoms with Crippen molar-refractivity contribution in [1.82, 2.24) is 0 Å². The predicted molar refractivity (Wildman–Crippen MR) is 116 cm³/mol. The largest absolute Gasteiger partial charge is 0.326 e. The zero-order chi connectivity index (χ0) is 20.4. The van der Waals surface area contributed by atoms with E-state index in [1.165, 1.54) is 5.56 Å². The van der Waals surface area contributed by atoms with Gasteiger partial charge in [-0.2, -0.15) is 0 Å². The maximum absolute atomic E-state index is 12.8. The Morgan fingerprint density at radius 1 is 1.14 bits per heavy atom. The lowest BCUT2D eigenvalue weighted by atomic mass is 9.74. The first-order valence-corrected chi connectivity index (χ1v) is 10.5. The standard InChI is InChI=1S/C24H29N3O2/c1-24(25)14-5-4-7-20(24)23(29)26-19-11-9-17(10-12-19)16-22(28)27-15-13-18-6-2-3-8-21(18)27/h2-3,6,8-12,20H,4-5,7,13-16,25H2,1H3,(H,26,29). The molecule has 5 nitrogen and oxygen atoms in total. The molecule has 0 radical (unpaired) electrons. The van der Waals surface area contributed by atoms with Crippen LogP contribution in [0.15, 0.2) is 48.5 Å². The number of amides is 2. The lowest BCUT2D eigenvalue weighted by Gasteiger charge is -2.37. The molecule has 152 valence electrons. The van der Waals surface area contributed by atoms with E-state index in [1.807, 2.05) is 54.3 Å². The van der Waals surface area contributed by atoms with Crippen LogP contribution >= 0.6 is 0 Å². The molecule has 4 rings (SSSR count). The van der Waals surface area contributed by atoms with Crippen molar-refractivity contribution in [3.63, 3.8) is 0 Å². The number of hydrogen-bond donors (Lipinski definition) is 2. The third kappa shape index (κ3) is 4.20. The third-order valence-corrected chi connectivity index (χ3v) is 6.34. The highest BCUT2D eigenvalue weighted by molar-refractivity contribution is 5.97. The molecule has 1 fully saturated rings. The van der Waals surface area contributed by atoms with Gasteiger partial charge in [0.05, 0.1) is 12.3 Å². The lowest BCUT2D eigenvalue weighted by Crippen LogP contribution is -2.51. The van der Waals surface area contributed by atoms with Crippen LogP contribution in [0.25, 0.3) is 0 Å². The molecule has 2 aliphatic rings. The number of benzene rings is 2. The molecule has 29 heavy (non-hydrogen) atoms. The minimum atomic E-state index is -0.444. The minimum absolute atomic E-state index is 0.00722. The summed E-state index contributed by atoms with van der Waals surface area (Å²) in [6.45, 7) is 2.72. The van der Waals surface area contributed by atoms with E-state index in [9.17, 15) is 9.59 Å². The molecule has 2 unspecified atom stereocenters. The Balaban J connectivity index is 1.37. The van der Waals surface area contributed by atoms with Crippen molar-refractivity contribution in [2.45, 2.75) is 51.0 Å².